The van der Waals surface area contributed by atoms with Crippen molar-refractivity contribution in [3.05, 3.63) is 29.8 Å². The van der Waals surface area contributed by atoms with Crippen molar-refractivity contribution >= 4 is 0 Å². The molecule has 2 nitrogen and oxygen atoms in total. The van der Waals surface area contributed by atoms with Gasteiger partial charge in [-0.1, -0.05) is 24.6 Å². The number of hydrogen-bond donors (Lipinski definition) is 2. The fourth-order valence-electron chi connectivity index (χ4n) is 2.18. The molecule has 0 spiro atoms. The third kappa shape index (κ3) is 1.54. The van der Waals surface area contributed by atoms with Gasteiger partial charge in [0, 0.05) is 12.0 Å². The van der Waals surface area contributed by atoms with Gasteiger partial charge in [0.2, 0.25) is 0 Å². The van der Waals surface area contributed by atoms with Gasteiger partial charge >= 0.3 is 0 Å². The molecule has 2 atom stereocenters. The molecule has 2 rings (SSSR count). The Bertz CT molecular complexity index is 298. The van der Waals surface area contributed by atoms with Crippen LogP contribution in [0, 0.1) is 0 Å². The molecule has 1 fully saturated rings. The van der Waals surface area contributed by atoms with Gasteiger partial charge in [0.05, 0.1) is 0 Å². The highest BCUT2D eigenvalue weighted by molar-refractivity contribution is 5.36. The van der Waals surface area contributed by atoms with Gasteiger partial charge in [-0.25, -0.2) is 0 Å². The summed E-state index contributed by atoms with van der Waals surface area (Å²) in [7, 11) is 0. The molecule has 0 heterocycles. The summed E-state index contributed by atoms with van der Waals surface area (Å²) in [6, 6.07) is 7.75. The number of phenols is 1. The smallest absolute Gasteiger partial charge is 0.119 e. The Hall–Kier alpha value is -1.02. The molecule has 13 heavy (non-hydrogen) atoms. The summed E-state index contributed by atoms with van der Waals surface area (Å²) < 4.78 is 0. The number of hydrogen-bond acceptors (Lipinski definition) is 2. The van der Waals surface area contributed by atoms with Crippen molar-refractivity contribution < 1.29 is 5.11 Å². The maximum absolute atomic E-state index is 9.63. The zero-order chi connectivity index (χ0) is 9.26. The van der Waals surface area contributed by atoms with Gasteiger partial charge in [0.15, 0.2) is 0 Å². The molecule has 0 unspecified atom stereocenters. The quantitative estimate of drug-likeness (QED) is 0.689. The second-order valence-electron chi connectivity index (χ2n) is 3.76. The number of rotatable bonds is 1. The molecule has 0 bridgehead atoms. The first-order valence-electron chi connectivity index (χ1n) is 4.82. The highest BCUT2D eigenvalue weighted by Gasteiger charge is 2.26. The zero-order valence-corrected chi connectivity index (χ0v) is 7.61. The van der Waals surface area contributed by atoms with Gasteiger partial charge in [0.1, 0.15) is 5.75 Å². The average molecular weight is 177 g/mol. The molecular formula is C11H15NO. The molecule has 1 aromatic carbocycles. The molecule has 1 saturated carbocycles. The Balaban J connectivity index is 2.29. The van der Waals surface area contributed by atoms with Crippen LogP contribution >= 0.6 is 0 Å². The van der Waals surface area contributed by atoms with Crippen molar-refractivity contribution in [2.75, 3.05) is 0 Å². The summed E-state index contributed by atoms with van der Waals surface area (Å²) in [5, 5.41) is 9.63. The lowest BCUT2D eigenvalue weighted by Gasteiger charge is -2.16. The van der Waals surface area contributed by atoms with Crippen LogP contribution in [-0.2, 0) is 0 Å². The standard InChI is InChI=1S/C11H15NO/c12-10-6-3-5-8(10)9-4-1-2-7-11(9)13/h1-2,4,7-8,10,13H,3,5-6,12H2/t8-,10-/m1/s1. The van der Waals surface area contributed by atoms with Gasteiger partial charge in [-0.3, -0.25) is 0 Å². The molecule has 2 heteroatoms. The Kier molecular flexibility index (Phi) is 2.23. The van der Waals surface area contributed by atoms with E-state index in [9.17, 15) is 5.11 Å². The number of nitrogens with two attached hydrogens (primary N) is 1. The normalized spacial score (nSPS) is 27.8. The highest BCUT2D eigenvalue weighted by Crippen LogP contribution is 2.37. The van der Waals surface area contributed by atoms with Gasteiger partial charge in [-0.15, -0.1) is 0 Å². The molecule has 0 radical (unpaired) electrons. The number of para-hydroxylation sites is 1. The Morgan fingerprint density at radius 2 is 2.00 bits per heavy atom. The van der Waals surface area contributed by atoms with E-state index < -0.39 is 0 Å². The van der Waals surface area contributed by atoms with E-state index in [1.807, 2.05) is 18.2 Å². The lowest BCUT2D eigenvalue weighted by Crippen LogP contribution is -2.22. The summed E-state index contributed by atoms with van der Waals surface area (Å²) in [6.07, 6.45) is 3.37. The molecule has 0 aliphatic heterocycles. The highest BCUT2D eigenvalue weighted by atomic mass is 16.3. The van der Waals surface area contributed by atoms with E-state index in [1.165, 1.54) is 6.42 Å². The number of phenolic OH excluding ortho intramolecular Hbond substituents is 1. The van der Waals surface area contributed by atoms with Crippen molar-refractivity contribution in [2.45, 2.75) is 31.2 Å². The minimum absolute atomic E-state index is 0.230. The van der Waals surface area contributed by atoms with Crippen molar-refractivity contribution in [3.8, 4) is 5.75 Å². The fourth-order valence-corrected chi connectivity index (χ4v) is 2.18. The minimum atomic E-state index is 0.230. The topological polar surface area (TPSA) is 46.2 Å². The summed E-state index contributed by atoms with van der Waals surface area (Å²) in [5.41, 5.74) is 6.99. The SMILES string of the molecule is N[C@@H]1CCC[C@@H]1c1ccccc1O. The van der Waals surface area contributed by atoms with E-state index in [2.05, 4.69) is 0 Å². The lowest BCUT2D eigenvalue weighted by molar-refractivity contribution is 0.456. The van der Waals surface area contributed by atoms with E-state index in [0.29, 0.717) is 11.7 Å². The van der Waals surface area contributed by atoms with E-state index in [0.717, 1.165) is 18.4 Å². The van der Waals surface area contributed by atoms with Crippen LogP contribution in [0.15, 0.2) is 24.3 Å². The van der Waals surface area contributed by atoms with Crippen LogP contribution in [0.3, 0.4) is 0 Å². The van der Waals surface area contributed by atoms with Crippen LogP contribution in [-0.4, -0.2) is 11.1 Å². The first-order valence-corrected chi connectivity index (χ1v) is 4.82. The predicted octanol–water partition coefficient (Wildman–Crippen LogP) is 1.99. The van der Waals surface area contributed by atoms with Crippen LogP contribution < -0.4 is 5.73 Å². The maximum Gasteiger partial charge on any atom is 0.119 e. The summed E-state index contributed by atoms with van der Waals surface area (Å²) in [5.74, 6) is 0.756. The first kappa shape index (κ1) is 8.57. The Morgan fingerprint density at radius 1 is 1.23 bits per heavy atom. The second-order valence-corrected chi connectivity index (χ2v) is 3.76. The molecule has 0 amide bonds. The summed E-state index contributed by atoms with van der Waals surface area (Å²) in [4.78, 5) is 0. The number of aromatic hydroxyl groups is 1. The molecule has 0 aromatic heterocycles. The van der Waals surface area contributed by atoms with Crippen LogP contribution in [0.2, 0.25) is 0 Å². The summed E-state index contributed by atoms with van der Waals surface area (Å²) >= 11 is 0. The second kappa shape index (κ2) is 3.38. The van der Waals surface area contributed by atoms with Crippen LogP contribution in [0.25, 0.3) is 0 Å². The van der Waals surface area contributed by atoms with E-state index in [-0.39, 0.29) is 6.04 Å². The van der Waals surface area contributed by atoms with Gasteiger partial charge in [-0.05, 0) is 24.5 Å². The molecule has 1 aromatic rings. The van der Waals surface area contributed by atoms with E-state index >= 15 is 0 Å². The molecule has 3 N–H and O–H groups in total. The lowest BCUT2D eigenvalue weighted by atomic mass is 9.94. The molecule has 0 saturated heterocycles. The van der Waals surface area contributed by atoms with Crippen molar-refractivity contribution in [3.63, 3.8) is 0 Å². The van der Waals surface area contributed by atoms with Crippen molar-refractivity contribution in [1.82, 2.24) is 0 Å². The van der Waals surface area contributed by atoms with E-state index in [4.69, 9.17) is 5.73 Å². The number of benzene rings is 1. The van der Waals surface area contributed by atoms with Gasteiger partial charge < -0.3 is 10.8 Å². The van der Waals surface area contributed by atoms with Gasteiger partial charge in [0.25, 0.3) is 0 Å². The van der Waals surface area contributed by atoms with Crippen molar-refractivity contribution in [1.29, 1.82) is 0 Å². The zero-order valence-electron chi connectivity index (χ0n) is 7.61. The third-order valence-corrected chi connectivity index (χ3v) is 2.91. The minimum Gasteiger partial charge on any atom is -0.508 e. The van der Waals surface area contributed by atoms with Crippen LogP contribution in [0.4, 0.5) is 0 Å². The largest absolute Gasteiger partial charge is 0.508 e. The maximum atomic E-state index is 9.63. The van der Waals surface area contributed by atoms with E-state index in [1.54, 1.807) is 6.07 Å². The Labute approximate surface area is 78.4 Å². The first-order chi connectivity index (χ1) is 6.29. The fraction of sp³-hybridized carbons (Fsp3) is 0.455. The molecule has 1 aliphatic carbocycles. The van der Waals surface area contributed by atoms with Crippen LogP contribution in [0.5, 0.6) is 5.75 Å². The van der Waals surface area contributed by atoms with Crippen molar-refractivity contribution in [2.24, 2.45) is 5.73 Å². The monoisotopic (exact) mass is 177 g/mol. The average Bonchev–Trinajstić information content (AvgIpc) is 2.52. The Morgan fingerprint density at radius 3 is 2.62 bits per heavy atom. The molecular weight excluding hydrogens is 162 g/mol. The van der Waals surface area contributed by atoms with Gasteiger partial charge in [-0.2, -0.15) is 0 Å². The molecule has 1 aliphatic rings. The summed E-state index contributed by atoms with van der Waals surface area (Å²) in [6.45, 7) is 0. The molecule has 70 valence electrons. The third-order valence-electron chi connectivity index (χ3n) is 2.91. The van der Waals surface area contributed by atoms with Crippen LogP contribution in [0.1, 0.15) is 30.7 Å². The predicted molar refractivity (Wildman–Crippen MR) is 52.7 cm³/mol.